The van der Waals surface area contributed by atoms with Gasteiger partial charge in [0.1, 0.15) is 5.75 Å². The van der Waals surface area contributed by atoms with Crippen LogP contribution in [0.5, 0.6) is 5.75 Å². The highest BCUT2D eigenvalue weighted by Gasteiger charge is 2.22. The maximum absolute atomic E-state index is 12.1. The van der Waals surface area contributed by atoms with Crippen molar-refractivity contribution in [1.29, 1.82) is 0 Å². The standard InChI is InChI=1S/C19H27N3O3/c1-13-8-9-20-12-17(13)22-18(23)3-2-10-25-15-5-6-16-14(11-15)4-7-19(24)21-16/h5-6,11,13,17,20H,2-4,7-10,12H2,1H3,(H,21,24)(H,22,23). The Labute approximate surface area is 148 Å². The third-order valence-corrected chi connectivity index (χ3v) is 4.96. The van der Waals surface area contributed by atoms with E-state index in [0.29, 0.717) is 31.8 Å². The molecule has 2 aliphatic heterocycles. The minimum atomic E-state index is 0.0645. The Morgan fingerprint density at radius 3 is 3.08 bits per heavy atom. The zero-order valence-corrected chi connectivity index (χ0v) is 14.8. The fraction of sp³-hybridized carbons (Fsp3) is 0.579. The first-order valence-corrected chi connectivity index (χ1v) is 9.17. The summed E-state index contributed by atoms with van der Waals surface area (Å²) in [6.45, 7) is 4.59. The van der Waals surface area contributed by atoms with Crippen LogP contribution in [0, 0.1) is 5.92 Å². The monoisotopic (exact) mass is 345 g/mol. The van der Waals surface area contributed by atoms with Gasteiger partial charge in [0.2, 0.25) is 11.8 Å². The average molecular weight is 345 g/mol. The van der Waals surface area contributed by atoms with E-state index in [2.05, 4.69) is 22.9 Å². The first-order valence-electron chi connectivity index (χ1n) is 9.17. The maximum Gasteiger partial charge on any atom is 0.224 e. The van der Waals surface area contributed by atoms with Crippen LogP contribution in [0.2, 0.25) is 0 Å². The van der Waals surface area contributed by atoms with Crippen molar-refractivity contribution in [3.63, 3.8) is 0 Å². The van der Waals surface area contributed by atoms with Crippen molar-refractivity contribution >= 4 is 17.5 Å². The molecule has 0 radical (unpaired) electrons. The Balaban J connectivity index is 1.38. The minimum Gasteiger partial charge on any atom is -0.494 e. The van der Waals surface area contributed by atoms with E-state index in [1.807, 2.05) is 18.2 Å². The number of carbonyl (C=O) groups excluding carboxylic acids is 2. The van der Waals surface area contributed by atoms with Crippen molar-refractivity contribution < 1.29 is 14.3 Å². The van der Waals surface area contributed by atoms with Crippen LogP contribution in [0.3, 0.4) is 0 Å². The summed E-state index contributed by atoms with van der Waals surface area (Å²) in [6, 6.07) is 5.95. The molecule has 25 heavy (non-hydrogen) atoms. The van der Waals surface area contributed by atoms with E-state index in [-0.39, 0.29) is 17.9 Å². The molecule has 1 aromatic rings. The van der Waals surface area contributed by atoms with Crippen LogP contribution in [0.1, 0.15) is 38.2 Å². The van der Waals surface area contributed by atoms with Crippen molar-refractivity contribution in [2.75, 3.05) is 25.0 Å². The number of nitrogens with one attached hydrogen (secondary N) is 3. The van der Waals surface area contributed by atoms with E-state index < -0.39 is 0 Å². The van der Waals surface area contributed by atoms with Crippen LogP contribution in [0.4, 0.5) is 5.69 Å². The highest BCUT2D eigenvalue weighted by molar-refractivity contribution is 5.94. The van der Waals surface area contributed by atoms with Crippen molar-refractivity contribution in [2.45, 2.75) is 45.1 Å². The largest absolute Gasteiger partial charge is 0.494 e. The molecule has 0 spiro atoms. The molecule has 2 atom stereocenters. The van der Waals surface area contributed by atoms with Crippen LogP contribution in [-0.2, 0) is 16.0 Å². The summed E-state index contributed by atoms with van der Waals surface area (Å²) in [5.74, 6) is 1.48. The normalized spacial score (nSPS) is 22.7. The van der Waals surface area contributed by atoms with E-state index >= 15 is 0 Å². The Morgan fingerprint density at radius 1 is 1.36 bits per heavy atom. The maximum atomic E-state index is 12.1. The van der Waals surface area contributed by atoms with Crippen LogP contribution in [0.25, 0.3) is 0 Å². The van der Waals surface area contributed by atoms with Crippen molar-refractivity contribution in [1.82, 2.24) is 10.6 Å². The van der Waals surface area contributed by atoms with Crippen LogP contribution < -0.4 is 20.7 Å². The van der Waals surface area contributed by atoms with Gasteiger partial charge in [0.15, 0.2) is 0 Å². The Hall–Kier alpha value is -2.08. The molecule has 6 nitrogen and oxygen atoms in total. The summed E-state index contributed by atoms with van der Waals surface area (Å²) in [7, 11) is 0. The van der Waals surface area contributed by atoms with Gasteiger partial charge in [-0.05, 0) is 55.5 Å². The lowest BCUT2D eigenvalue weighted by Crippen LogP contribution is -2.50. The van der Waals surface area contributed by atoms with Gasteiger partial charge in [-0.1, -0.05) is 6.92 Å². The topological polar surface area (TPSA) is 79.5 Å². The van der Waals surface area contributed by atoms with Crippen LogP contribution in [-0.4, -0.2) is 37.6 Å². The third kappa shape index (κ3) is 4.95. The summed E-state index contributed by atoms with van der Waals surface area (Å²) >= 11 is 0. The molecule has 0 saturated carbocycles. The van der Waals surface area contributed by atoms with Crippen molar-refractivity contribution in [3.8, 4) is 5.75 Å². The molecule has 0 aliphatic carbocycles. The highest BCUT2D eigenvalue weighted by Crippen LogP contribution is 2.26. The molecule has 3 N–H and O–H groups in total. The zero-order chi connectivity index (χ0) is 17.6. The van der Waals surface area contributed by atoms with Gasteiger partial charge in [-0.3, -0.25) is 9.59 Å². The Kier molecular flexibility index (Phi) is 5.91. The zero-order valence-electron chi connectivity index (χ0n) is 14.8. The molecule has 1 aromatic carbocycles. The molecule has 2 amide bonds. The van der Waals surface area contributed by atoms with E-state index in [9.17, 15) is 9.59 Å². The first-order chi connectivity index (χ1) is 12.1. The molecule has 2 aliphatic rings. The first kappa shape index (κ1) is 17.7. The number of amides is 2. The Morgan fingerprint density at radius 2 is 2.24 bits per heavy atom. The van der Waals surface area contributed by atoms with Crippen LogP contribution >= 0.6 is 0 Å². The number of anilines is 1. The number of hydrogen-bond acceptors (Lipinski definition) is 4. The predicted molar refractivity (Wildman–Crippen MR) is 96.7 cm³/mol. The fourth-order valence-electron chi connectivity index (χ4n) is 3.33. The molecule has 0 bridgehead atoms. The molecular weight excluding hydrogens is 318 g/mol. The number of fused-ring (bicyclic) bond motifs is 1. The summed E-state index contributed by atoms with van der Waals surface area (Å²) in [5, 5.41) is 9.30. The van der Waals surface area contributed by atoms with E-state index in [0.717, 1.165) is 42.9 Å². The summed E-state index contributed by atoms with van der Waals surface area (Å²) in [4.78, 5) is 23.4. The third-order valence-electron chi connectivity index (χ3n) is 4.96. The summed E-state index contributed by atoms with van der Waals surface area (Å²) < 4.78 is 5.76. The molecule has 0 aromatic heterocycles. The van der Waals surface area contributed by atoms with Gasteiger partial charge in [-0.2, -0.15) is 0 Å². The van der Waals surface area contributed by atoms with Gasteiger partial charge in [0, 0.05) is 31.1 Å². The Bertz CT molecular complexity index is 632. The minimum absolute atomic E-state index is 0.0645. The number of carbonyl (C=O) groups is 2. The van der Waals surface area contributed by atoms with Crippen LogP contribution in [0.15, 0.2) is 18.2 Å². The van der Waals surface area contributed by atoms with Gasteiger partial charge in [-0.15, -0.1) is 0 Å². The molecule has 2 heterocycles. The molecule has 1 saturated heterocycles. The fourth-order valence-corrected chi connectivity index (χ4v) is 3.33. The lowest BCUT2D eigenvalue weighted by Gasteiger charge is -2.30. The van der Waals surface area contributed by atoms with Gasteiger partial charge >= 0.3 is 0 Å². The molecular formula is C19H27N3O3. The number of piperidine rings is 1. The number of rotatable bonds is 6. The van der Waals surface area contributed by atoms with E-state index in [1.54, 1.807) is 0 Å². The molecule has 136 valence electrons. The molecule has 3 rings (SSSR count). The summed E-state index contributed by atoms with van der Waals surface area (Å²) in [6.07, 6.45) is 3.53. The quantitative estimate of drug-likeness (QED) is 0.688. The predicted octanol–water partition coefficient (Wildman–Crippen LogP) is 1.84. The second-order valence-electron chi connectivity index (χ2n) is 6.96. The number of ether oxygens (including phenoxy) is 1. The lowest BCUT2D eigenvalue weighted by molar-refractivity contribution is -0.122. The second kappa shape index (κ2) is 8.34. The van der Waals surface area contributed by atoms with Gasteiger partial charge in [-0.25, -0.2) is 0 Å². The van der Waals surface area contributed by atoms with Gasteiger partial charge < -0.3 is 20.7 Å². The molecule has 2 unspecified atom stereocenters. The smallest absolute Gasteiger partial charge is 0.224 e. The average Bonchev–Trinajstić information content (AvgIpc) is 2.61. The van der Waals surface area contributed by atoms with Gasteiger partial charge in [0.25, 0.3) is 0 Å². The number of benzene rings is 1. The van der Waals surface area contributed by atoms with Crippen molar-refractivity contribution in [2.24, 2.45) is 5.92 Å². The highest BCUT2D eigenvalue weighted by atomic mass is 16.5. The number of aryl methyl sites for hydroxylation is 1. The van der Waals surface area contributed by atoms with E-state index in [4.69, 9.17) is 4.74 Å². The van der Waals surface area contributed by atoms with Crippen molar-refractivity contribution in [3.05, 3.63) is 23.8 Å². The van der Waals surface area contributed by atoms with E-state index in [1.165, 1.54) is 0 Å². The lowest BCUT2D eigenvalue weighted by atomic mass is 9.95. The number of hydrogen-bond donors (Lipinski definition) is 3. The molecule has 6 heteroatoms. The van der Waals surface area contributed by atoms with Gasteiger partial charge in [0.05, 0.1) is 6.61 Å². The molecule has 1 fully saturated rings. The SMILES string of the molecule is CC1CCNCC1NC(=O)CCCOc1ccc2c(c1)CCC(=O)N2. The summed E-state index contributed by atoms with van der Waals surface area (Å²) in [5.41, 5.74) is 1.98. The second-order valence-corrected chi connectivity index (χ2v) is 6.96.